The van der Waals surface area contributed by atoms with Crippen LogP contribution in [0.3, 0.4) is 0 Å². The Morgan fingerprint density at radius 3 is 2.19 bits per heavy atom. The van der Waals surface area contributed by atoms with Gasteiger partial charge in [0.15, 0.2) is 0 Å². The van der Waals surface area contributed by atoms with Gasteiger partial charge in [0.05, 0.1) is 26.0 Å². The van der Waals surface area contributed by atoms with Crippen LogP contribution in [-0.4, -0.2) is 26.4 Å². The molecule has 0 amide bonds. The van der Waals surface area contributed by atoms with E-state index in [9.17, 15) is 0 Å². The van der Waals surface area contributed by atoms with Gasteiger partial charge in [-0.2, -0.15) is 5.10 Å². The van der Waals surface area contributed by atoms with E-state index in [2.05, 4.69) is 10.2 Å². The van der Waals surface area contributed by atoms with Crippen molar-refractivity contribution in [2.45, 2.75) is 0 Å². The molecule has 1 rings (SSSR count). The minimum atomic E-state index is -0.106. The average Bonchev–Trinajstić information content (AvgIpc) is 2.28. The molecule has 0 heterocycles. The van der Waals surface area contributed by atoms with Gasteiger partial charge in [0.2, 0.25) is 5.96 Å². The number of hydrogen-bond donors (Lipinski definition) is 2. The predicted octanol–water partition coefficient (Wildman–Crippen LogP) is 0.311. The minimum absolute atomic E-state index is 0.106. The van der Waals surface area contributed by atoms with Gasteiger partial charge in [0, 0.05) is 0 Å². The van der Waals surface area contributed by atoms with E-state index in [1.54, 1.807) is 26.4 Å². The van der Waals surface area contributed by atoms with Crippen molar-refractivity contribution in [1.82, 2.24) is 0 Å². The van der Waals surface area contributed by atoms with Crippen LogP contribution >= 0.6 is 0 Å². The van der Waals surface area contributed by atoms with Crippen molar-refractivity contribution in [3.8, 4) is 11.5 Å². The van der Waals surface area contributed by atoms with Gasteiger partial charge in [-0.15, -0.1) is 5.10 Å². The highest BCUT2D eigenvalue weighted by atomic mass is 16.5. The highest BCUT2D eigenvalue weighted by molar-refractivity contribution is 5.88. The van der Waals surface area contributed by atoms with Crippen LogP contribution in [-0.2, 0) is 0 Å². The molecular formula is C10H14N4O2. The fourth-order valence-electron chi connectivity index (χ4n) is 1.16. The number of methoxy groups -OCH3 is 2. The Morgan fingerprint density at radius 1 is 1.19 bits per heavy atom. The number of nitrogens with zero attached hydrogens (tertiary/aromatic N) is 2. The molecular weight excluding hydrogens is 208 g/mol. The lowest BCUT2D eigenvalue weighted by molar-refractivity contribution is 0.393. The molecule has 1 aromatic carbocycles. The van der Waals surface area contributed by atoms with E-state index in [4.69, 9.17) is 20.9 Å². The van der Waals surface area contributed by atoms with E-state index in [-0.39, 0.29) is 5.96 Å². The molecule has 0 spiro atoms. The second-order valence-corrected chi connectivity index (χ2v) is 2.85. The summed E-state index contributed by atoms with van der Waals surface area (Å²) in [5.74, 6) is 1.16. The first-order valence-corrected chi connectivity index (χ1v) is 4.52. The van der Waals surface area contributed by atoms with Crippen molar-refractivity contribution in [1.29, 1.82) is 0 Å². The van der Waals surface area contributed by atoms with E-state index < -0.39 is 0 Å². The highest BCUT2D eigenvalue weighted by Crippen LogP contribution is 2.26. The fraction of sp³-hybridized carbons (Fsp3) is 0.200. The van der Waals surface area contributed by atoms with Gasteiger partial charge >= 0.3 is 0 Å². The smallest absolute Gasteiger partial charge is 0.211 e. The third-order valence-electron chi connectivity index (χ3n) is 1.83. The molecule has 0 atom stereocenters. The maximum absolute atomic E-state index is 5.16. The normalized spacial score (nSPS) is 10.1. The molecule has 4 N–H and O–H groups in total. The van der Waals surface area contributed by atoms with Crippen LogP contribution in [0.5, 0.6) is 11.5 Å². The van der Waals surface area contributed by atoms with Gasteiger partial charge in [-0.1, -0.05) is 6.07 Å². The Morgan fingerprint density at radius 2 is 1.75 bits per heavy atom. The molecule has 0 bridgehead atoms. The van der Waals surface area contributed by atoms with E-state index in [1.807, 2.05) is 6.07 Å². The number of benzene rings is 1. The van der Waals surface area contributed by atoms with Crippen molar-refractivity contribution in [2.24, 2.45) is 21.7 Å². The Labute approximate surface area is 93.6 Å². The lowest BCUT2D eigenvalue weighted by Gasteiger charge is -2.08. The summed E-state index contributed by atoms with van der Waals surface area (Å²) in [6.45, 7) is 0. The number of ether oxygens (including phenoxy) is 2. The second kappa shape index (κ2) is 5.59. The molecule has 16 heavy (non-hydrogen) atoms. The average molecular weight is 222 g/mol. The standard InChI is InChI=1S/C10H14N4O2/c1-15-8-4-3-5-9(16-2)7(8)6-13-14-10(11)12/h3-6H,1-2H3,(H4,11,12,14)/b13-6+. The molecule has 0 saturated carbocycles. The fourth-order valence-corrected chi connectivity index (χ4v) is 1.16. The molecule has 0 unspecified atom stereocenters. The van der Waals surface area contributed by atoms with Crippen LogP contribution in [0.2, 0.25) is 0 Å². The SMILES string of the molecule is COc1cccc(OC)c1/C=N/N=C(N)N. The quantitative estimate of drug-likeness (QED) is 0.435. The molecule has 0 aliphatic heterocycles. The monoisotopic (exact) mass is 222 g/mol. The van der Waals surface area contributed by atoms with Crippen molar-refractivity contribution in [3.63, 3.8) is 0 Å². The molecule has 0 radical (unpaired) electrons. The molecule has 0 aliphatic carbocycles. The topological polar surface area (TPSA) is 95.2 Å². The third kappa shape index (κ3) is 2.88. The zero-order valence-corrected chi connectivity index (χ0v) is 9.18. The Hall–Kier alpha value is -2.24. The summed E-state index contributed by atoms with van der Waals surface area (Å²) in [7, 11) is 3.12. The zero-order valence-electron chi connectivity index (χ0n) is 9.18. The van der Waals surface area contributed by atoms with Crippen molar-refractivity contribution < 1.29 is 9.47 Å². The summed E-state index contributed by atoms with van der Waals surface area (Å²) >= 11 is 0. The summed E-state index contributed by atoms with van der Waals surface area (Å²) in [5, 5.41) is 7.21. The lowest BCUT2D eigenvalue weighted by atomic mass is 10.2. The van der Waals surface area contributed by atoms with Gasteiger partial charge in [0.1, 0.15) is 11.5 Å². The largest absolute Gasteiger partial charge is 0.496 e. The van der Waals surface area contributed by atoms with Gasteiger partial charge in [-0.05, 0) is 12.1 Å². The summed E-state index contributed by atoms with van der Waals surface area (Å²) in [5.41, 5.74) is 11.0. The van der Waals surface area contributed by atoms with Crippen LogP contribution in [0.4, 0.5) is 0 Å². The number of hydrogen-bond acceptors (Lipinski definition) is 4. The van der Waals surface area contributed by atoms with Crippen LogP contribution in [0.25, 0.3) is 0 Å². The van der Waals surface area contributed by atoms with Gasteiger partial charge < -0.3 is 20.9 Å². The van der Waals surface area contributed by atoms with Crippen molar-refractivity contribution in [2.75, 3.05) is 14.2 Å². The molecule has 0 saturated heterocycles. The molecule has 6 nitrogen and oxygen atoms in total. The van der Waals surface area contributed by atoms with Crippen LogP contribution in [0.15, 0.2) is 28.4 Å². The second-order valence-electron chi connectivity index (χ2n) is 2.85. The summed E-state index contributed by atoms with van der Waals surface area (Å²) in [4.78, 5) is 0. The Balaban J connectivity index is 3.09. The Kier molecular flexibility index (Phi) is 4.14. The van der Waals surface area contributed by atoms with Crippen molar-refractivity contribution in [3.05, 3.63) is 23.8 Å². The minimum Gasteiger partial charge on any atom is -0.496 e. The first-order chi connectivity index (χ1) is 7.69. The first-order valence-electron chi connectivity index (χ1n) is 4.52. The number of rotatable bonds is 4. The lowest BCUT2D eigenvalue weighted by Crippen LogP contribution is -2.21. The summed E-state index contributed by atoms with van der Waals surface area (Å²) in [6, 6.07) is 5.40. The Bertz CT molecular complexity index is 389. The molecule has 86 valence electrons. The van der Waals surface area contributed by atoms with Gasteiger partial charge in [-0.25, -0.2) is 0 Å². The van der Waals surface area contributed by atoms with Crippen LogP contribution in [0, 0.1) is 0 Å². The van der Waals surface area contributed by atoms with Gasteiger partial charge in [-0.3, -0.25) is 0 Å². The summed E-state index contributed by atoms with van der Waals surface area (Å²) in [6.07, 6.45) is 1.47. The van der Waals surface area contributed by atoms with Gasteiger partial charge in [0.25, 0.3) is 0 Å². The maximum Gasteiger partial charge on any atom is 0.211 e. The molecule has 0 fully saturated rings. The van der Waals surface area contributed by atoms with Crippen LogP contribution in [0.1, 0.15) is 5.56 Å². The molecule has 0 aromatic heterocycles. The first kappa shape index (κ1) is 11.8. The predicted molar refractivity (Wildman–Crippen MR) is 62.9 cm³/mol. The molecule has 0 aliphatic rings. The van der Waals surface area contributed by atoms with E-state index in [0.717, 1.165) is 0 Å². The van der Waals surface area contributed by atoms with E-state index >= 15 is 0 Å². The third-order valence-corrected chi connectivity index (χ3v) is 1.83. The van der Waals surface area contributed by atoms with Crippen molar-refractivity contribution >= 4 is 12.2 Å². The number of nitrogens with two attached hydrogens (primary N) is 2. The summed E-state index contributed by atoms with van der Waals surface area (Å²) < 4.78 is 10.3. The number of guanidine groups is 1. The van der Waals surface area contributed by atoms with E-state index in [1.165, 1.54) is 6.21 Å². The molecule has 1 aromatic rings. The maximum atomic E-state index is 5.16. The highest BCUT2D eigenvalue weighted by Gasteiger charge is 2.06. The van der Waals surface area contributed by atoms with E-state index in [0.29, 0.717) is 17.1 Å². The zero-order chi connectivity index (χ0) is 12.0. The van der Waals surface area contributed by atoms with Crippen LogP contribution < -0.4 is 20.9 Å². The molecule has 6 heteroatoms.